The summed E-state index contributed by atoms with van der Waals surface area (Å²) in [6, 6.07) is 0. The van der Waals surface area contributed by atoms with Crippen molar-refractivity contribution < 1.29 is 9.09 Å². The number of unbranched alkanes of at least 4 members (excludes halogenated alkanes) is 1. The van der Waals surface area contributed by atoms with Gasteiger partial charge in [-0.2, -0.15) is 0 Å². The molecule has 2 nitrogen and oxygen atoms in total. The highest BCUT2D eigenvalue weighted by Crippen LogP contribution is 2.53. The third-order valence-electron chi connectivity index (χ3n) is 0.983. The Morgan fingerprint density at radius 3 is 2.80 bits per heavy atom. The van der Waals surface area contributed by atoms with Crippen LogP contribution in [0, 0.1) is 0 Å². The van der Waals surface area contributed by atoms with Crippen molar-refractivity contribution in [2.75, 3.05) is 6.61 Å². The van der Waals surface area contributed by atoms with Crippen LogP contribution in [-0.4, -0.2) is 6.61 Å². The van der Waals surface area contributed by atoms with E-state index in [1.165, 1.54) is 0 Å². The van der Waals surface area contributed by atoms with E-state index in [4.69, 9.17) is 15.8 Å². The highest BCUT2D eigenvalue weighted by atomic mass is 35.7. The number of halogens is 1. The standard InChI is InChI=1S/C6H12ClO2P/c1-3-5-6-9-10(7,8)4-2/h4H,2-3,5-6H2,1H3. The zero-order valence-electron chi connectivity index (χ0n) is 6.05. The van der Waals surface area contributed by atoms with Gasteiger partial charge >= 0.3 is 6.72 Å². The molecule has 0 aliphatic carbocycles. The van der Waals surface area contributed by atoms with E-state index in [0.29, 0.717) is 6.61 Å². The van der Waals surface area contributed by atoms with Gasteiger partial charge in [-0.3, -0.25) is 4.57 Å². The Morgan fingerprint density at radius 2 is 2.40 bits per heavy atom. The quantitative estimate of drug-likeness (QED) is 0.481. The molecule has 0 aromatic rings. The number of hydrogen-bond acceptors (Lipinski definition) is 2. The first-order valence-electron chi connectivity index (χ1n) is 3.20. The molecule has 1 unspecified atom stereocenters. The monoisotopic (exact) mass is 182 g/mol. The summed E-state index contributed by atoms with van der Waals surface area (Å²) in [7, 11) is 0. The molecule has 0 fully saturated rings. The first-order chi connectivity index (χ1) is 4.62. The van der Waals surface area contributed by atoms with Crippen LogP contribution in [0.25, 0.3) is 0 Å². The first kappa shape index (κ1) is 10.2. The molecule has 60 valence electrons. The number of rotatable bonds is 5. The molecule has 0 saturated carbocycles. The maximum Gasteiger partial charge on any atom is 0.312 e. The molecule has 0 radical (unpaired) electrons. The molecule has 0 amide bonds. The SMILES string of the molecule is C=CP(=O)(Cl)OCCCC. The second-order valence-electron chi connectivity index (χ2n) is 1.89. The minimum absolute atomic E-state index is 0.448. The van der Waals surface area contributed by atoms with Crippen LogP contribution >= 0.6 is 18.0 Å². The summed E-state index contributed by atoms with van der Waals surface area (Å²) in [6.45, 7) is 2.80. The van der Waals surface area contributed by atoms with Crippen molar-refractivity contribution >= 4 is 18.0 Å². The fourth-order valence-corrected chi connectivity index (χ4v) is 1.08. The van der Waals surface area contributed by atoms with Gasteiger partial charge < -0.3 is 4.52 Å². The Balaban J connectivity index is 3.47. The molecule has 1 atom stereocenters. The normalized spacial score (nSPS) is 16.2. The second kappa shape index (κ2) is 4.95. The van der Waals surface area contributed by atoms with Crippen LogP contribution < -0.4 is 0 Å². The van der Waals surface area contributed by atoms with Crippen LogP contribution in [0.3, 0.4) is 0 Å². The molecule has 0 bridgehead atoms. The first-order valence-corrected chi connectivity index (χ1v) is 5.80. The fourth-order valence-electron chi connectivity index (χ4n) is 0.386. The lowest BCUT2D eigenvalue weighted by Crippen LogP contribution is -1.86. The summed E-state index contributed by atoms with van der Waals surface area (Å²) in [4.78, 5) is 0. The van der Waals surface area contributed by atoms with E-state index in [1.807, 2.05) is 6.92 Å². The summed E-state index contributed by atoms with van der Waals surface area (Å²) in [5.74, 6) is 1.16. The lowest BCUT2D eigenvalue weighted by molar-refractivity contribution is 0.321. The van der Waals surface area contributed by atoms with Gasteiger partial charge in [0.15, 0.2) is 0 Å². The minimum atomic E-state index is -2.97. The van der Waals surface area contributed by atoms with Gasteiger partial charge in [-0.15, -0.1) is 0 Å². The van der Waals surface area contributed by atoms with Crippen LogP contribution in [0.1, 0.15) is 19.8 Å². The molecule has 0 aromatic heterocycles. The van der Waals surface area contributed by atoms with Crippen molar-refractivity contribution in [2.24, 2.45) is 0 Å². The molecule has 10 heavy (non-hydrogen) atoms. The largest absolute Gasteiger partial charge is 0.315 e. The van der Waals surface area contributed by atoms with E-state index in [2.05, 4.69) is 6.58 Å². The van der Waals surface area contributed by atoms with Gasteiger partial charge in [-0.25, -0.2) is 0 Å². The van der Waals surface area contributed by atoms with Crippen LogP contribution in [0.2, 0.25) is 0 Å². The minimum Gasteiger partial charge on any atom is -0.315 e. The van der Waals surface area contributed by atoms with E-state index in [9.17, 15) is 4.57 Å². The summed E-state index contributed by atoms with van der Waals surface area (Å²) < 4.78 is 15.7. The zero-order chi connectivity index (χ0) is 8.04. The van der Waals surface area contributed by atoms with Crippen LogP contribution in [0.5, 0.6) is 0 Å². The van der Waals surface area contributed by atoms with Gasteiger partial charge in [0.1, 0.15) is 0 Å². The summed E-state index contributed by atoms with van der Waals surface area (Å²) in [5.41, 5.74) is 0. The van der Waals surface area contributed by atoms with Gasteiger partial charge in [0.05, 0.1) is 6.61 Å². The molecule has 0 aromatic carbocycles. The van der Waals surface area contributed by atoms with E-state index in [-0.39, 0.29) is 0 Å². The van der Waals surface area contributed by atoms with E-state index >= 15 is 0 Å². The highest BCUT2D eigenvalue weighted by Gasteiger charge is 2.11. The van der Waals surface area contributed by atoms with E-state index in [1.54, 1.807) is 0 Å². The summed E-state index contributed by atoms with van der Waals surface area (Å²) >= 11 is 5.37. The molecule has 0 aliphatic rings. The van der Waals surface area contributed by atoms with Crippen molar-refractivity contribution in [3.63, 3.8) is 0 Å². The van der Waals surface area contributed by atoms with Crippen LogP contribution in [0.4, 0.5) is 0 Å². The average Bonchev–Trinajstić information content (AvgIpc) is 1.89. The Hall–Kier alpha value is 0.220. The van der Waals surface area contributed by atoms with Gasteiger partial charge in [-0.1, -0.05) is 19.9 Å². The van der Waals surface area contributed by atoms with Gasteiger partial charge in [-0.05, 0) is 17.7 Å². The smallest absolute Gasteiger partial charge is 0.312 e. The van der Waals surface area contributed by atoms with Crippen LogP contribution in [-0.2, 0) is 9.09 Å². The maximum atomic E-state index is 10.9. The molecule has 0 heterocycles. The second-order valence-corrected chi connectivity index (χ2v) is 4.97. The van der Waals surface area contributed by atoms with Gasteiger partial charge in [0.25, 0.3) is 0 Å². The van der Waals surface area contributed by atoms with Crippen molar-refractivity contribution in [1.82, 2.24) is 0 Å². The Kier molecular flexibility index (Phi) is 5.06. The maximum absolute atomic E-state index is 10.9. The lowest BCUT2D eigenvalue weighted by Gasteiger charge is -2.04. The van der Waals surface area contributed by atoms with Crippen LogP contribution in [0.15, 0.2) is 12.4 Å². The third-order valence-corrected chi connectivity index (χ3v) is 2.66. The van der Waals surface area contributed by atoms with Crippen molar-refractivity contribution in [3.8, 4) is 0 Å². The van der Waals surface area contributed by atoms with Crippen molar-refractivity contribution in [1.29, 1.82) is 0 Å². The third kappa shape index (κ3) is 5.04. The summed E-state index contributed by atoms with van der Waals surface area (Å²) in [6.07, 6.45) is 1.89. The topological polar surface area (TPSA) is 26.3 Å². The highest BCUT2D eigenvalue weighted by molar-refractivity contribution is 7.87. The Morgan fingerprint density at radius 1 is 1.80 bits per heavy atom. The fraction of sp³-hybridized carbons (Fsp3) is 0.667. The molecule has 0 saturated heterocycles. The Bertz CT molecular complexity index is 147. The zero-order valence-corrected chi connectivity index (χ0v) is 7.70. The van der Waals surface area contributed by atoms with Gasteiger partial charge in [0, 0.05) is 5.82 Å². The molecular formula is C6H12ClO2P. The molecular weight excluding hydrogens is 170 g/mol. The molecule has 0 N–H and O–H groups in total. The Labute approximate surface area is 66.5 Å². The van der Waals surface area contributed by atoms with Crippen molar-refractivity contribution in [3.05, 3.63) is 12.4 Å². The summed E-state index contributed by atoms with van der Waals surface area (Å²) in [5, 5.41) is 0. The van der Waals surface area contributed by atoms with Crippen molar-refractivity contribution in [2.45, 2.75) is 19.8 Å². The van der Waals surface area contributed by atoms with E-state index < -0.39 is 6.72 Å². The van der Waals surface area contributed by atoms with Gasteiger partial charge in [0.2, 0.25) is 0 Å². The molecule has 4 heteroatoms. The predicted molar refractivity (Wildman–Crippen MR) is 44.5 cm³/mol. The molecule has 0 spiro atoms. The van der Waals surface area contributed by atoms with E-state index in [0.717, 1.165) is 18.7 Å². The number of hydrogen-bond donors (Lipinski definition) is 0. The molecule has 0 aliphatic heterocycles. The lowest BCUT2D eigenvalue weighted by atomic mass is 10.4. The molecule has 0 rings (SSSR count). The predicted octanol–water partition coefficient (Wildman–Crippen LogP) is 3.38. The average molecular weight is 183 g/mol.